The van der Waals surface area contributed by atoms with E-state index in [1.54, 1.807) is 11.3 Å². The van der Waals surface area contributed by atoms with Crippen molar-refractivity contribution in [1.82, 2.24) is 9.88 Å². The lowest BCUT2D eigenvalue weighted by Gasteiger charge is -2.33. The molecule has 0 unspecified atom stereocenters. The molecule has 0 amide bonds. The molecule has 0 saturated carbocycles. The fourth-order valence-corrected chi connectivity index (χ4v) is 3.86. The van der Waals surface area contributed by atoms with Crippen LogP contribution >= 0.6 is 11.3 Å². The van der Waals surface area contributed by atoms with Crippen LogP contribution in [-0.4, -0.2) is 35.2 Å². The predicted octanol–water partition coefficient (Wildman–Crippen LogP) is 2.45. The van der Waals surface area contributed by atoms with Gasteiger partial charge in [0.25, 0.3) is 0 Å². The monoisotopic (exact) mass is 252 g/mol. The SMILES string of the molecule is Cc1csc(CN2CC[C@H]3C[C@H](C)O[C@@H]3C2)n1. The molecule has 0 spiro atoms. The number of aromatic nitrogens is 1. The van der Waals surface area contributed by atoms with Crippen LogP contribution in [0.3, 0.4) is 0 Å². The summed E-state index contributed by atoms with van der Waals surface area (Å²) in [4.78, 5) is 7.04. The van der Waals surface area contributed by atoms with Crippen molar-refractivity contribution in [3.05, 3.63) is 16.1 Å². The number of likely N-dealkylation sites (tertiary alicyclic amines) is 1. The molecule has 2 aliphatic heterocycles. The highest BCUT2D eigenvalue weighted by Gasteiger charge is 2.37. The van der Waals surface area contributed by atoms with Gasteiger partial charge in [0.05, 0.1) is 18.8 Å². The van der Waals surface area contributed by atoms with Crippen LogP contribution < -0.4 is 0 Å². The van der Waals surface area contributed by atoms with E-state index in [-0.39, 0.29) is 0 Å². The Labute approximate surface area is 107 Å². The Kier molecular flexibility index (Phi) is 3.19. The van der Waals surface area contributed by atoms with Crippen LogP contribution in [0, 0.1) is 12.8 Å². The normalized spacial score (nSPS) is 33.9. The highest BCUT2D eigenvalue weighted by Crippen LogP contribution is 2.33. The fraction of sp³-hybridized carbons (Fsp3) is 0.769. The summed E-state index contributed by atoms with van der Waals surface area (Å²) in [5, 5.41) is 3.38. The molecule has 2 aliphatic rings. The van der Waals surface area contributed by atoms with E-state index in [0.29, 0.717) is 12.2 Å². The Hall–Kier alpha value is -0.450. The van der Waals surface area contributed by atoms with Gasteiger partial charge in [0.1, 0.15) is 5.01 Å². The van der Waals surface area contributed by atoms with Crippen molar-refractivity contribution in [3.8, 4) is 0 Å². The van der Waals surface area contributed by atoms with Crippen LogP contribution in [0.4, 0.5) is 0 Å². The van der Waals surface area contributed by atoms with E-state index in [4.69, 9.17) is 4.74 Å². The van der Waals surface area contributed by atoms with Gasteiger partial charge in [-0.05, 0) is 39.2 Å². The maximum Gasteiger partial charge on any atom is 0.107 e. The highest BCUT2D eigenvalue weighted by molar-refractivity contribution is 7.09. The summed E-state index contributed by atoms with van der Waals surface area (Å²) in [6.07, 6.45) is 3.49. The van der Waals surface area contributed by atoms with E-state index in [0.717, 1.165) is 24.7 Å². The van der Waals surface area contributed by atoms with Gasteiger partial charge in [-0.25, -0.2) is 4.98 Å². The third-order valence-electron chi connectivity index (χ3n) is 3.85. The Morgan fingerprint density at radius 2 is 2.47 bits per heavy atom. The van der Waals surface area contributed by atoms with E-state index >= 15 is 0 Å². The molecule has 3 atom stereocenters. The molecule has 3 nitrogen and oxygen atoms in total. The zero-order valence-electron chi connectivity index (χ0n) is 10.6. The molecular formula is C13H20N2OS. The van der Waals surface area contributed by atoms with Crippen molar-refractivity contribution in [2.24, 2.45) is 5.92 Å². The predicted molar refractivity (Wildman–Crippen MR) is 69.2 cm³/mol. The van der Waals surface area contributed by atoms with Crippen LogP contribution in [0.25, 0.3) is 0 Å². The van der Waals surface area contributed by atoms with Crippen molar-refractivity contribution in [3.63, 3.8) is 0 Å². The second-order valence-electron chi connectivity index (χ2n) is 5.39. The van der Waals surface area contributed by atoms with Gasteiger partial charge in [-0.1, -0.05) is 0 Å². The first-order valence-electron chi connectivity index (χ1n) is 6.49. The van der Waals surface area contributed by atoms with Crippen LogP contribution in [0.1, 0.15) is 30.5 Å². The number of fused-ring (bicyclic) bond motifs is 1. The first kappa shape index (κ1) is 11.6. The van der Waals surface area contributed by atoms with Gasteiger partial charge in [-0.15, -0.1) is 11.3 Å². The minimum absolute atomic E-state index is 0.465. The van der Waals surface area contributed by atoms with Gasteiger partial charge in [0.15, 0.2) is 0 Å². The van der Waals surface area contributed by atoms with Crippen molar-refractivity contribution < 1.29 is 4.74 Å². The van der Waals surface area contributed by atoms with Crippen molar-refractivity contribution >= 4 is 11.3 Å². The second-order valence-corrected chi connectivity index (χ2v) is 6.33. The van der Waals surface area contributed by atoms with Crippen molar-refractivity contribution in [2.75, 3.05) is 13.1 Å². The Morgan fingerprint density at radius 1 is 1.59 bits per heavy atom. The Balaban J connectivity index is 1.59. The molecule has 3 heterocycles. The maximum atomic E-state index is 5.98. The number of piperidine rings is 1. The fourth-order valence-electron chi connectivity index (χ4n) is 3.04. The molecule has 94 valence electrons. The summed E-state index contributed by atoms with van der Waals surface area (Å²) >= 11 is 1.78. The zero-order chi connectivity index (χ0) is 11.8. The lowest BCUT2D eigenvalue weighted by atomic mass is 9.92. The van der Waals surface area contributed by atoms with Crippen molar-refractivity contribution in [1.29, 1.82) is 0 Å². The third-order valence-corrected chi connectivity index (χ3v) is 4.80. The molecule has 2 fully saturated rings. The van der Waals surface area contributed by atoms with E-state index in [2.05, 4.69) is 29.1 Å². The number of nitrogens with zero attached hydrogens (tertiary/aromatic N) is 2. The average molecular weight is 252 g/mol. The molecule has 2 saturated heterocycles. The average Bonchev–Trinajstić information content (AvgIpc) is 2.83. The largest absolute Gasteiger partial charge is 0.374 e. The van der Waals surface area contributed by atoms with Gasteiger partial charge >= 0.3 is 0 Å². The zero-order valence-corrected chi connectivity index (χ0v) is 11.4. The standard InChI is InChI=1S/C13H20N2OS/c1-9-8-17-13(14-9)7-15-4-3-11-5-10(2)16-12(11)6-15/h8,10-12H,3-7H2,1-2H3/t10-,11-,12+/m0/s1. The molecule has 4 heteroatoms. The number of aryl methyl sites for hydroxylation is 1. The number of hydrogen-bond donors (Lipinski definition) is 0. The minimum Gasteiger partial charge on any atom is -0.374 e. The second kappa shape index (κ2) is 4.67. The van der Waals surface area contributed by atoms with Gasteiger partial charge < -0.3 is 4.74 Å². The summed E-state index contributed by atoms with van der Waals surface area (Å²) in [6, 6.07) is 0. The molecule has 1 aromatic heterocycles. The smallest absolute Gasteiger partial charge is 0.107 e. The summed E-state index contributed by atoms with van der Waals surface area (Å²) in [5.41, 5.74) is 1.14. The Bertz CT molecular complexity index is 393. The molecule has 0 N–H and O–H groups in total. The van der Waals surface area contributed by atoms with Crippen LogP contribution in [0.2, 0.25) is 0 Å². The molecule has 0 aliphatic carbocycles. The highest BCUT2D eigenvalue weighted by atomic mass is 32.1. The number of hydrogen-bond acceptors (Lipinski definition) is 4. The third kappa shape index (κ3) is 2.54. The molecular weight excluding hydrogens is 232 g/mol. The number of ether oxygens (including phenoxy) is 1. The van der Waals surface area contributed by atoms with Gasteiger partial charge in [-0.2, -0.15) is 0 Å². The number of thiazole rings is 1. The number of rotatable bonds is 2. The molecule has 1 aromatic rings. The molecule has 3 rings (SSSR count). The van der Waals surface area contributed by atoms with Crippen LogP contribution in [0.5, 0.6) is 0 Å². The van der Waals surface area contributed by atoms with Gasteiger partial charge in [0.2, 0.25) is 0 Å². The molecule has 0 bridgehead atoms. The van der Waals surface area contributed by atoms with Crippen molar-refractivity contribution in [2.45, 2.75) is 45.4 Å². The van der Waals surface area contributed by atoms with Gasteiger partial charge in [-0.3, -0.25) is 4.90 Å². The summed E-state index contributed by atoms with van der Waals surface area (Å²) < 4.78 is 5.98. The molecule has 17 heavy (non-hydrogen) atoms. The topological polar surface area (TPSA) is 25.4 Å². The van der Waals surface area contributed by atoms with Gasteiger partial charge in [0, 0.05) is 17.6 Å². The minimum atomic E-state index is 0.465. The molecule has 0 aromatic carbocycles. The Morgan fingerprint density at radius 3 is 3.24 bits per heavy atom. The van der Waals surface area contributed by atoms with Crippen LogP contribution in [-0.2, 0) is 11.3 Å². The van der Waals surface area contributed by atoms with E-state index in [1.165, 1.54) is 24.4 Å². The first-order valence-corrected chi connectivity index (χ1v) is 7.37. The maximum absolute atomic E-state index is 5.98. The molecule has 0 radical (unpaired) electrons. The van der Waals surface area contributed by atoms with E-state index in [9.17, 15) is 0 Å². The van der Waals surface area contributed by atoms with E-state index in [1.807, 2.05) is 0 Å². The summed E-state index contributed by atoms with van der Waals surface area (Å²) in [6.45, 7) is 7.56. The quantitative estimate of drug-likeness (QED) is 0.808. The summed E-state index contributed by atoms with van der Waals surface area (Å²) in [5.74, 6) is 0.805. The first-order chi connectivity index (χ1) is 8.20. The summed E-state index contributed by atoms with van der Waals surface area (Å²) in [7, 11) is 0. The lowest BCUT2D eigenvalue weighted by Crippen LogP contribution is -2.41. The van der Waals surface area contributed by atoms with Crippen LogP contribution in [0.15, 0.2) is 5.38 Å². The van der Waals surface area contributed by atoms with E-state index < -0.39 is 0 Å². The lowest BCUT2D eigenvalue weighted by molar-refractivity contribution is -0.00277.